The van der Waals surface area contributed by atoms with Crippen molar-refractivity contribution in [3.63, 3.8) is 0 Å². The van der Waals surface area contributed by atoms with Crippen LogP contribution in [0.5, 0.6) is 0 Å². The molecule has 2 aliphatic rings. The highest BCUT2D eigenvalue weighted by Gasteiger charge is 2.33. The molecule has 1 unspecified atom stereocenters. The first-order valence-electron chi connectivity index (χ1n) is 7.77. The van der Waals surface area contributed by atoms with Gasteiger partial charge in [0, 0.05) is 50.2 Å². The Balaban J connectivity index is 1.59. The molecule has 2 atom stereocenters. The average Bonchev–Trinajstić information content (AvgIpc) is 2.95. The molecule has 6 heteroatoms. The number of hydrogen-bond acceptors (Lipinski definition) is 5. The molecule has 2 aliphatic heterocycles. The van der Waals surface area contributed by atoms with Crippen molar-refractivity contribution in [1.82, 2.24) is 20.7 Å². The zero-order valence-corrected chi connectivity index (χ0v) is 12.9. The van der Waals surface area contributed by atoms with E-state index in [0.29, 0.717) is 23.6 Å². The minimum Gasteiger partial charge on any atom is -0.360 e. The molecular weight excluding hydrogens is 268 g/mol. The van der Waals surface area contributed by atoms with Gasteiger partial charge in [0.2, 0.25) is 0 Å². The number of hydrogen-bond donors (Lipinski definition) is 2. The van der Waals surface area contributed by atoms with Crippen molar-refractivity contribution in [3.8, 4) is 0 Å². The highest BCUT2D eigenvalue weighted by atomic mass is 16.5. The van der Waals surface area contributed by atoms with Crippen LogP contribution in [0.15, 0.2) is 10.6 Å². The maximum atomic E-state index is 12.3. The van der Waals surface area contributed by atoms with E-state index in [1.807, 2.05) is 0 Å². The summed E-state index contributed by atoms with van der Waals surface area (Å²) in [5.74, 6) is 1.50. The predicted octanol–water partition coefficient (Wildman–Crippen LogP) is 0.820. The first-order valence-corrected chi connectivity index (χ1v) is 7.77. The van der Waals surface area contributed by atoms with E-state index in [9.17, 15) is 4.79 Å². The lowest BCUT2D eigenvalue weighted by Gasteiger charge is -2.23. The third kappa shape index (κ3) is 2.96. The fraction of sp³-hybridized carbons (Fsp3) is 0.733. The lowest BCUT2D eigenvalue weighted by Crippen LogP contribution is -2.40. The number of likely N-dealkylation sites (tertiary alicyclic amines) is 1. The Morgan fingerprint density at radius 2 is 2.24 bits per heavy atom. The molecule has 2 saturated heterocycles. The number of nitrogens with one attached hydrogen (secondary N) is 2. The smallest absolute Gasteiger partial charge is 0.273 e. The van der Waals surface area contributed by atoms with Crippen molar-refractivity contribution in [1.29, 1.82) is 0 Å². The van der Waals surface area contributed by atoms with Gasteiger partial charge in [-0.2, -0.15) is 0 Å². The molecule has 3 rings (SSSR count). The molecule has 2 N–H and O–H groups in total. The van der Waals surface area contributed by atoms with Gasteiger partial charge < -0.3 is 15.2 Å². The maximum absolute atomic E-state index is 12.3. The molecule has 1 amide bonds. The highest BCUT2D eigenvalue weighted by molar-refractivity contribution is 5.92. The van der Waals surface area contributed by atoms with Crippen molar-refractivity contribution in [2.75, 3.05) is 26.2 Å². The lowest BCUT2D eigenvalue weighted by molar-refractivity contribution is 0.0921. The number of carbonyl (C=O) groups excluding carboxylic acids is 1. The molecule has 0 saturated carbocycles. The molecule has 0 aliphatic carbocycles. The van der Waals surface area contributed by atoms with Crippen molar-refractivity contribution in [2.24, 2.45) is 5.92 Å². The van der Waals surface area contributed by atoms with Crippen LogP contribution in [0, 0.1) is 5.92 Å². The second-order valence-electron chi connectivity index (χ2n) is 6.57. The Kier molecular flexibility index (Phi) is 3.99. The minimum absolute atomic E-state index is 0.125. The molecule has 0 bridgehead atoms. The molecule has 2 fully saturated rings. The molecular formula is C15H24N4O2. The quantitative estimate of drug-likeness (QED) is 0.860. The Morgan fingerprint density at radius 1 is 1.48 bits per heavy atom. The third-order valence-corrected chi connectivity index (χ3v) is 4.63. The fourth-order valence-electron chi connectivity index (χ4n) is 2.93. The van der Waals surface area contributed by atoms with Gasteiger partial charge >= 0.3 is 0 Å². The molecule has 1 aromatic rings. The van der Waals surface area contributed by atoms with E-state index in [1.165, 1.54) is 0 Å². The molecule has 0 spiro atoms. The first-order chi connectivity index (χ1) is 10.0. The summed E-state index contributed by atoms with van der Waals surface area (Å²) in [6, 6.07) is 2.48. The summed E-state index contributed by atoms with van der Waals surface area (Å²) in [5, 5.41) is 10.2. The zero-order valence-electron chi connectivity index (χ0n) is 12.9. The molecule has 21 heavy (non-hydrogen) atoms. The largest absolute Gasteiger partial charge is 0.360 e. The van der Waals surface area contributed by atoms with Crippen molar-refractivity contribution in [2.45, 2.75) is 38.8 Å². The fourth-order valence-corrected chi connectivity index (χ4v) is 2.93. The SMILES string of the molecule is CC1CN(C(C)C)C[C@H]1NC(=O)c1cc(C2CNC2)on1. The van der Waals surface area contributed by atoms with Crippen LogP contribution in [-0.2, 0) is 0 Å². The zero-order chi connectivity index (χ0) is 15.0. The summed E-state index contributed by atoms with van der Waals surface area (Å²) in [6.45, 7) is 10.3. The van der Waals surface area contributed by atoms with Crippen LogP contribution in [-0.4, -0.2) is 54.2 Å². The summed E-state index contributed by atoms with van der Waals surface area (Å²) in [4.78, 5) is 14.7. The summed E-state index contributed by atoms with van der Waals surface area (Å²) in [5.41, 5.74) is 0.395. The molecule has 0 radical (unpaired) electrons. The van der Waals surface area contributed by atoms with Gasteiger partial charge in [0.1, 0.15) is 5.76 Å². The molecule has 116 valence electrons. The van der Waals surface area contributed by atoms with E-state index >= 15 is 0 Å². The summed E-state index contributed by atoms with van der Waals surface area (Å²) < 4.78 is 5.28. The van der Waals surface area contributed by atoms with Crippen molar-refractivity contribution < 1.29 is 9.32 Å². The van der Waals surface area contributed by atoms with E-state index in [1.54, 1.807) is 6.07 Å². The van der Waals surface area contributed by atoms with Crippen LogP contribution in [0.3, 0.4) is 0 Å². The Morgan fingerprint density at radius 3 is 2.81 bits per heavy atom. The normalized spacial score (nSPS) is 27.0. The van der Waals surface area contributed by atoms with Crippen LogP contribution in [0.2, 0.25) is 0 Å². The number of carbonyl (C=O) groups is 1. The summed E-state index contributed by atoms with van der Waals surface area (Å²) in [6.07, 6.45) is 0. The number of nitrogens with zero attached hydrogens (tertiary/aromatic N) is 2. The van der Waals surface area contributed by atoms with Crippen LogP contribution < -0.4 is 10.6 Å². The van der Waals surface area contributed by atoms with E-state index < -0.39 is 0 Å². The van der Waals surface area contributed by atoms with E-state index in [4.69, 9.17) is 4.52 Å². The molecule has 6 nitrogen and oxygen atoms in total. The van der Waals surface area contributed by atoms with Gasteiger partial charge in [0.25, 0.3) is 5.91 Å². The third-order valence-electron chi connectivity index (χ3n) is 4.63. The highest BCUT2D eigenvalue weighted by Crippen LogP contribution is 2.22. The van der Waals surface area contributed by atoms with Crippen LogP contribution in [0.4, 0.5) is 0 Å². The summed E-state index contributed by atoms with van der Waals surface area (Å²) >= 11 is 0. The van der Waals surface area contributed by atoms with Gasteiger partial charge in [-0.25, -0.2) is 0 Å². The monoisotopic (exact) mass is 292 g/mol. The number of rotatable bonds is 4. The van der Waals surface area contributed by atoms with Crippen LogP contribution >= 0.6 is 0 Å². The first kappa shape index (κ1) is 14.5. The minimum atomic E-state index is -0.125. The Hall–Kier alpha value is -1.40. The summed E-state index contributed by atoms with van der Waals surface area (Å²) in [7, 11) is 0. The second-order valence-corrected chi connectivity index (χ2v) is 6.57. The predicted molar refractivity (Wildman–Crippen MR) is 79.2 cm³/mol. The van der Waals surface area contributed by atoms with Crippen molar-refractivity contribution in [3.05, 3.63) is 17.5 Å². The van der Waals surface area contributed by atoms with E-state index in [0.717, 1.165) is 31.9 Å². The maximum Gasteiger partial charge on any atom is 0.273 e. The van der Waals surface area contributed by atoms with Gasteiger partial charge in [0.05, 0.1) is 0 Å². The molecule has 0 aromatic carbocycles. The number of aromatic nitrogens is 1. The Labute approximate surface area is 125 Å². The van der Waals surface area contributed by atoms with Crippen LogP contribution in [0.25, 0.3) is 0 Å². The van der Waals surface area contributed by atoms with Gasteiger partial charge in [-0.3, -0.25) is 9.69 Å². The lowest BCUT2D eigenvalue weighted by atomic mass is 10.0. The topological polar surface area (TPSA) is 70.4 Å². The Bertz CT molecular complexity index is 510. The van der Waals surface area contributed by atoms with Gasteiger partial charge in [-0.05, 0) is 19.8 Å². The van der Waals surface area contributed by atoms with Gasteiger partial charge in [-0.1, -0.05) is 12.1 Å². The van der Waals surface area contributed by atoms with E-state index in [-0.39, 0.29) is 11.9 Å². The number of amides is 1. The molecule has 1 aromatic heterocycles. The van der Waals surface area contributed by atoms with Crippen LogP contribution in [0.1, 0.15) is 42.9 Å². The van der Waals surface area contributed by atoms with E-state index in [2.05, 4.69) is 41.5 Å². The standard InChI is InChI=1S/C15H24N4O2/c1-9(2)19-7-10(3)13(8-19)17-15(20)12-4-14(21-18-12)11-5-16-6-11/h4,9-11,13,16H,5-8H2,1-3H3,(H,17,20)/t10?,13-/m1/s1. The molecule has 3 heterocycles. The van der Waals surface area contributed by atoms with Crippen molar-refractivity contribution >= 4 is 5.91 Å². The second kappa shape index (κ2) is 5.77. The van der Waals surface area contributed by atoms with Gasteiger partial charge in [0.15, 0.2) is 5.69 Å². The van der Waals surface area contributed by atoms with Gasteiger partial charge in [-0.15, -0.1) is 0 Å². The average molecular weight is 292 g/mol.